The summed E-state index contributed by atoms with van der Waals surface area (Å²) < 4.78 is 0. The van der Waals surface area contributed by atoms with Crippen molar-refractivity contribution in [2.75, 3.05) is 13.6 Å². The molecule has 1 saturated carbocycles. The third-order valence-corrected chi connectivity index (χ3v) is 6.01. The second kappa shape index (κ2) is 9.72. The molecule has 2 heterocycles. The highest BCUT2D eigenvalue weighted by Gasteiger charge is 2.18. The van der Waals surface area contributed by atoms with Crippen LogP contribution in [0.25, 0.3) is 10.9 Å². The molecule has 1 aromatic carbocycles. The van der Waals surface area contributed by atoms with Gasteiger partial charge in [0.05, 0.1) is 10.6 Å². The minimum atomic E-state index is 0.592. The molecule has 2 aromatic heterocycles. The van der Waals surface area contributed by atoms with Crippen LogP contribution >= 0.6 is 11.3 Å². The second-order valence-electron chi connectivity index (χ2n) is 6.99. The first kappa shape index (κ1) is 19.6. The fourth-order valence-corrected chi connectivity index (χ4v) is 4.20. The molecule has 3 aromatic rings. The summed E-state index contributed by atoms with van der Waals surface area (Å²) in [4.78, 5) is 9.04. The number of aromatic amines is 1. The highest BCUT2D eigenvalue weighted by atomic mass is 32.1. The van der Waals surface area contributed by atoms with Gasteiger partial charge in [0, 0.05) is 17.1 Å². The quantitative estimate of drug-likeness (QED) is 0.410. The molecule has 1 aliphatic carbocycles. The molecule has 27 heavy (non-hydrogen) atoms. The molecule has 0 atom stereocenters. The molecule has 0 radical (unpaired) electrons. The van der Waals surface area contributed by atoms with E-state index < -0.39 is 0 Å². The molecule has 0 spiro atoms. The number of rotatable bonds is 4. The Bertz CT molecular complexity index is 856. The van der Waals surface area contributed by atoms with Crippen molar-refractivity contribution in [2.45, 2.75) is 44.9 Å². The molecule has 0 aliphatic heterocycles. The van der Waals surface area contributed by atoms with E-state index in [-0.39, 0.29) is 0 Å². The SMILES string of the molecule is CCNC.NC(=Nc1ccc2[nH]cc(C3CCCCC3)c2c1)c1cccs1. The van der Waals surface area contributed by atoms with Crippen LogP contribution in [-0.4, -0.2) is 24.4 Å². The molecule has 4 nitrogen and oxygen atoms in total. The van der Waals surface area contributed by atoms with E-state index in [2.05, 4.69) is 40.5 Å². The van der Waals surface area contributed by atoms with Gasteiger partial charge in [0.25, 0.3) is 0 Å². The van der Waals surface area contributed by atoms with Gasteiger partial charge in [-0.2, -0.15) is 0 Å². The minimum Gasteiger partial charge on any atom is -0.383 e. The number of amidine groups is 1. The first-order valence-corrected chi connectivity index (χ1v) is 10.7. The topological polar surface area (TPSA) is 66.2 Å². The van der Waals surface area contributed by atoms with Crippen LogP contribution in [0, 0.1) is 0 Å². The van der Waals surface area contributed by atoms with Crippen LogP contribution in [0.4, 0.5) is 5.69 Å². The molecular formula is C22H30N4S. The van der Waals surface area contributed by atoms with E-state index in [1.807, 2.05) is 30.6 Å². The first-order chi connectivity index (χ1) is 13.2. The number of aliphatic imine (C=N–C) groups is 1. The number of nitrogens with one attached hydrogen (secondary N) is 2. The van der Waals surface area contributed by atoms with Crippen molar-refractivity contribution in [2.24, 2.45) is 10.7 Å². The third kappa shape index (κ3) is 4.99. The molecule has 1 fully saturated rings. The summed E-state index contributed by atoms with van der Waals surface area (Å²) in [6, 6.07) is 10.3. The van der Waals surface area contributed by atoms with Crippen LogP contribution in [0.15, 0.2) is 46.9 Å². The number of thiophene rings is 1. The van der Waals surface area contributed by atoms with Gasteiger partial charge in [0.1, 0.15) is 5.84 Å². The molecule has 4 rings (SSSR count). The number of benzene rings is 1. The van der Waals surface area contributed by atoms with Crippen molar-refractivity contribution in [3.8, 4) is 0 Å². The molecule has 0 bridgehead atoms. The molecule has 5 heteroatoms. The van der Waals surface area contributed by atoms with Crippen molar-refractivity contribution in [1.29, 1.82) is 0 Å². The van der Waals surface area contributed by atoms with Gasteiger partial charge in [0.2, 0.25) is 0 Å². The van der Waals surface area contributed by atoms with Crippen LogP contribution in [0.2, 0.25) is 0 Å². The van der Waals surface area contributed by atoms with E-state index in [0.717, 1.165) is 17.1 Å². The van der Waals surface area contributed by atoms with E-state index in [4.69, 9.17) is 5.73 Å². The standard InChI is InChI=1S/C19H21N3S.C3H9N/c20-19(18-7-4-10-23-18)22-14-8-9-17-15(11-14)16(12-21-17)13-5-2-1-3-6-13;1-3-4-2/h4,7-13,21H,1-3,5-6H2,(H2,20,22);4H,3H2,1-2H3. The predicted octanol–water partition coefficient (Wildman–Crippen LogP) is 5.54. The Labute approximate surface area is 165 Å². The van der Waals surface area contributed by atoms with E-state index in [0.29, 0.717) is 11.8 Å². The Hall–Kier alpha value is -2.11. The lowest BCUT2D eigenvalue weighted by Crippen LogP contribution is -2.10. The zero-order chi connectivity index (χ0) is 19.1. The Morgan fingerprint density at radius 3 is 2.70 bits per heavy atom. The number of H-pyrrole nitrogens is 1. The lowest BCUT2D eigenvalue weighted by molar-refractivity contribution is 0.445. The summed E-state index contributed by atoms with van der Waals surface area (Å²) in [6.07, 6.45) is 8.87. The molecule has 0 saturated heterocycles. The predicted molar refractivity (Wildman–Crippen MR) is 118 cm³/mol. The summed E-state index contributed by atoms with van der Waals surface area (Å²) in [5.41, 5.74) is 9.70. The van der Waals surface area contributed by atoms with Crippen LogP contribution in [0.1, 0.15) is 55.4 Å². The molecule has 144 valence electrons. The molecular weight excluding hydrogens is 352 g/mol. The third-order valence-electron chi connectivity index (χ3n) is 5.12. The van der Waals surface area contributed by atoms with Crippen molar-refractivity contribution >= 4 is 33.8 Å². The van der Waals surface area contributed by atoms with E-state index >= 15 is 0 Å². The monoisotopic (exact) mass is 382 g/mol. The fourth-order valence-electron chi connectivity index (χ4n) is 3.57. The smallest absolute Gasteiger partial charge is 0.141 e. The summed E-state index contributed by atoms with van der Waals surface area (Å²) in [7, 11) is 1.93. The Morgan fingerprint density at radius 2 is 2.04 bits per heavy atom. The number of aromatic nitrogens is 1. The van der Waals surface area contributed by atoms with Crippen molar-refractivity contribution in [3.63, 3.8) is 0 Å². The lowest BCUT2D eigenvalue weighted by Gasteiger charge is -2.21. The van der Waals surface area contributed by atoms with E-state index in [9.17, 15) is 0 Å². The highest BCUT2D eigenvalue weighted by molar-refractivity contribution is 7.12. The average molecular weight is 383 g/mol. The number of fused-ring (bicyclic) bond motifs is 1. The maximum absolute atomic E-state index is 6.12. The van der Waals surface area contributed by atoms with Gasteiger partial charge in [-0.1, -0.05) is 32.3 Å². The zero-order valence-electron chi connectivity index (χ0n) is 16.3. The van der Waals surface area contributed by atoms with E-state index in [1.165, 1.54) is 48.6 Å². The van der Waals surface area contributed by atoms with Gasteiger partial charge < -0.3 is 16.0 Å². The maximum atomic E-state index is 6.12. The zero-order valence-corrected chi connectivity index (χ0v) is 17.1. The van der Waals surface area contributed by atoms with Crippen LogP contribution < -0.4 is 11.1 Å². The highest BCUT2D eigenvalue weighted by Crippen LogP contribution is 2.37. The van der Waals surface area contributed by atoms with Gasteiger partial charge in [-0.15, -0.1) is 11.3 Å². The maximum Gasteiger partial charge on any atom is 0.141 e. The number of nitrogens with two attached hydrogens (primary N) is 1. The molecule has 4 N–H and O–H groups in total. The second-order valence-corrected chi connectivity index (χ2v) is 7.94. The van der Waals surface area contributed by atoms with Crippen LogP contribution in [0.3, 0.4) is 0 Å². The normalized spacial score (nSPS) is 15.6. The largest absolute Gasteiger partial charge is 0.383 e. The van der Waals surface area contributed by atoms with Crippen molar-refractivity contribution < 1.29 is 0 Å². The summed E-state index contributed by atoms with van der Waals surface area (Å²) in [5.74, 6) is 1.28. The van der Waals surface area contributed by atoms with Gasteiger partial charge in [-0.05, 0) is 67.6 Å². The van der Waals surface area contributed by atoms with E-state index in [1.54, 1.807) is 11.3 Å². The van der Waals surface area contributed by atoms with Gasteiger partial charge >= 0.3 is 0 Å². The van der Waals surface area contributed by atoms with Gasteiger partial charge in [-0.25, -0.2) is 4.99 Å². The number of hydrogen-bond acceptors (Lipinski definition) is 3. The van der Waals surface area contributed by atoms with Gasteiger partial charge in [-0.3, -0.25) is 0 Å². The summed E-state index contributed by atoms with van der Waals surface area (Å²) >= 11 is 1.62. The molecule has 0 unspecified atom stereocenters. The van der Waals surface area contributed by atoms with Crippen LogP contribution in [0.5, 0.6) is 0 Å². The Kier molecular flexibility index (Phi) is 7.07. The molecule has 0 amide bonds. The lowest BCUT2D eigenvalue weighted by atomic mass is 9.84. The Morgan fingerprint density at radius 1 is 1.26 bits per heavy atom. The van der Waals surface area contributed by atoms with Gasteiger partial charge in [0.15, 0.2) is 0 Å². The fraction of sp³-hybridized carbons (Fsp3) is 0.409. The Balaban J connectivity index is 0.000000481. The molecule has 1 aliphatic rings. The average Bonchev–Trinajstić information content (AvgIpc) is 3.39. The van der Waals surface area contributed by atoms with Crippen molar-refractivity contribution in [3.05, 3.63) is 52.3 Å². The number of hydrogen-bond donors (Lipinski definition) is 3. The number of nitrogens with zero attached hydrogens (tertiary/aromatic N) is 1. The summed E-state index contributed by atoms with van der Waals surface area (Å²) in [6.45, 7) is 3.14. The van der Waals surface area contributed by atoms with Crippen molar-refractivity contribution in [1.82, 2.24) is 10.3 Å². The first-order valence-electron chi connectivity index (χ1n) is 9.86. The summed E-state index contributed by atoms with van der Waals surface area (Å²) in [5, 5.41) is 6.26. The minimum absolute atomic E-state index is 0.592. The van der Waals surface area contributed by atoms with Crippen LogP contribution in [-0.2, 0) is 0 Å².